The van der Waals surface area contributed by atoms with Crippen molar-refractivity contribution in [2.24, 2.45) is 0 Å². The second-order valence-corrected chi connectivity index (χ2v) is 2.84. The predicted molar refractivity (Wildman–Crippen MR) is 54.3 cm³/mol. The molecular weight excluding hydrogens is 207 g/mol. The largest absolute Gasteiger partial charge is 0.501 e. The lowest BCUT2D eigenvalue weighted by Gasteiger charge is -2.03. The number of ether oxygens (including phenoxy) is 1. The van der Waals surface area contributed by atoms with Crippen molar-refractivity contribution in [1.82, 2.24) is 4.98 Å². The molecule has 0 bridgehead atoms. The van der Waals surface area contributed by atoms with Crippen LogP contribution in [0.15, 0.2) is 12.5 Å². The van der Waals surface area contributed by atoms with Crippen molar-refractivity contribution in [3.63, 3.8) is 0 Å². The van der Waals surface area contributed by atoms with E-state index in [1.165, 1.54) is 12.3 Å². The van der Waals surface area contributed by atoms with E-state index < -0.39 is 5.82 Å². The molecule has 0 radical (unpaired) electrons. The summed E-state index contributed by atoms with van der Waals surface area (Å²) < 4.78 is 17.9. The fourth-order valence-electron chi connectivity index (χ4n) is 0.863. The molecule has 3 nitrogen and oxygen atoms in total. The molecule has 0 aliphatic carbocycles. The Bertz CT molecular complexity index is 355. The van der Waals surface area contributed by atoms with E-state index in [-0.39, 0.29) is 10.8 Å². The van der Waals surface area contributed by atoms with Gasteiger partial charge in [-0.25, -0.2) is 9.37 Å². The van der Waals surface area contributed by atoms with Crippen LogP contribution in [0, 0.1) is 5.82 Å². The minimum Gasteiger partial charge on any atom is -0.501 e. The summed E-state index contributed by atoms with van der Waals surface area (Å²) in [5.41, 5.74) is 5.77. The Morgan fingerprint density at radius 3 is 3.07 bits per heavy atom. The molecule has 5 heteroatoms. The Balaban J connectivity index is 3.00. The summed E-state index contributed by atoms with van der Waals surface area (Å²) >= 11 is 5.72. The number of anilines is 1. The van der Waals surface area contributed by atoms with Gasteiger partial charge in [-0.2, -0.15) is 0 Å². The zero-order chi connectivity index (χ0) is 10.6. The molecule has 0 spiro atoms. The fraction of sp³-hybridized carbons (Fsp3) is 0.222. The smallest absolute Gasteiger partial charge is 0.165 e. The zero-order valence-electron chi connectivity index (χ0n) is 7.63. The number of nitrogens with zero attached hydrogens (tertiary/aromatic N) is 1. The molecule has 0 unspecified atom stereocenters. The number of nitrogens with two attached hydrogens (primary N) is 1. The van der Waals surface area contributed by atoms with Gasteiger partial charge in [-0.3, -0.25) is 0 Å². The van der Waals surface area contributed by atoms with Crippen LogP contribution < -0.4 is 5.73 Å². The molecule has 0 aliphatic rings. The Morgan fingerprint density at radius 2 is 2.43 bits per heavy atom. The molecule has 1 aromatic rings. The molecule has 76 valence electrons. The molecule has 0 fully saturated rings. The van der Waals surface area contributed by atoms with Crippen molar-refractivity contribution in [3.05, 3.63) is 29.0 Å². The van der Waals surface area contributed by atoms with Gasteiger partial charge in [-0.15, -0.1) is 0 Å². The summed E-state index contributed by atoms with van der Waals surface area (Å²) in [6.07, 6.45) is 3.87. The molecule has 0 saturated heterocycles. The third-order valence-electron chi connectivity index (χ3n) is 1.56. The zero-order valence-corrected chi connectivity index (χ0v) is 8.38. The minimum absolute atomic E-state index is 0.0269. The number of hydrogen-bond acceptors (Lipinski definition) is 3. The Hall–Kier alpha value is -1.29. The molecule has 0 atom stereocenters. The van der Waals surface area contributed by atoms with Crippen LogP contribution in [0.2, 0.25) is 5.15 Å². The van der Waals surface area contributed by atoms with Crippen molar-refractivity contribution in [3.8, 4) is 0 Å². The average molecular weight is 217 g/mol. The van der Waals surface area contributed by atoms with Crippen molar-refractivity contribution in [2.75, 3.05) is 12.3 Å². The number of halogens is 2. The molecule has 1 heterocycles. The highest BCUT2D eigenvalue weighted by molar-refractivity contribution is 6.31. The van der Waals surface area contributed by atoms with E-state index in [0.717, 1.165) is 6.20 Å². The monoisotopic (exact) mass is 216 g/mol. The normalized spacial score (nSPS) is 10.8. The number of nitrogen functional groups attached to an aromatic ring is 1. The van der Waals surface area contributed by atoms with Gasteiger partial charge in [0, 0.05) is 5.56 Å². The molecule has 1 rings (SSSR count). The molecule has 2 N–H and O–H groups in total. The van der Waals surface area contributed by atoms with Crippen LogP contribution in [-0.2, 0) is 4.74 Å². The summed E-state index contributed by atoms with van der Waals surface area (Å²) in [6, 6.07) is 0. The number of aromatic nitrogens is 1. The van der Waals surface area contributed by atoms with E-state index in [4.69, 9.17) is 22.1 Å². The number of rotatable bonds is 3. The highest BCUT2D eigenvalue weighted by Crippen LogP contribution is 2.23. The highest BCUT2D eigenvalue weighted by Gasteiger charge is 2.07. The van der Waals surface area contributed by atoms with Gasteiger partial charge in [0.2, 0.25) is 0 Å². The van der Waals surface area contributed by atoms with Crippen LogP contribution in [-0.4, -0.2) is 11.6 Å². The van der Waals surface area contributed by atoms with Crippen LogP contribution >= 0.6 is 11.6 Å². The second kappa shape index (κ2) is 4.81. The topological polar surface area (TPSA) is 48.1 Å². The van der Waals surface area contributed by atoms with Gasteiger partial charge in [0.25, 0.3) is 0 Å². The summed E-state index contributed by atoms with van der Waals surface area (Å²) in [7, 11) is 0. The van der Waals surface area contributed by atoms with Crippen LogP contribution in [0.4, 0.5) is 10.1 Å². The van der Waals surface area contributed by atoms with Crippen molar-refractivity contribution >= 4 is 23.4 Å². The van der Waals surface area contributed by atoms with E-state index in [1.807, 2.05) is 6.92 Å². The fourth-order valence-corrected chi connectivity index (χ4v) is 1.08. The molecule has 0 aromatic carbocycles. The highest BCUT2D eigenvalue weighted by atomic mass is 35.5. The first-order chi connectivity index (χ1) is 6.66. The maximum Gasteiger partial charge on any atom is 0.165 e. The average Bonchev–Trinajstić information content (AvgIpc) is 2.18. The maximum absolute atomic E-state index is 12.9. The maximum atomic E-state index is 12.9. The first-order valence-electron chi connectivity index (χ1n) is 4.04. The van der Waals surface area contributed by atoms with Gasteiger partial charge in [0.05, 0.1) is 24.8 Å². The van der Waals surface area contributed by atoms with Crippen LogP contribution in [0.1, 0.15) is 12.5 Å². The standard InChI is InChI=1S/C9H10ClFN2O/c1-2-14-4-3-6-8(12)7(11)5-13-9(6)10/h3-5H,2H2,1H3,(H2,12,13)/b4-3+. The first kappa shape index (κ1) is 10.8. The SMILES string of the molecule is CCO/C=C/c1c(Cl)ncc(F)c1N. The Morgan fingerprint density at radius 1 is 1.71 bits per heavy atom. The van der Waals surface area contributed by atoms with Gasteiger partial charge in [0.1, 0.15) is 5.15 Å². The van der Waals surface area contributed by atoms with Gasteiger partial charge in [-0.05, 0) is 13.0 Å². The third-order valence-corrected chi connectivity index (χ3v) is 1.86. The molecule has 0 saturated carbocycles. The summed E-state index contributed by atoms with van der Waals surface area (Å²) in [4.78, 5) is 3.62. The van der Waals surface area contributed by atoms with Gasteiger partial charge in [0.15, 0.2) is 5.82 Å². The summed E-state index contributed by atoms with van der Waals surface area (Å²) in [5.74, 6) is -0.592. The van der Waals surface area contributed by atoms with Crippen LogP contribution in [0.25, 0.3) is 6.08 Å². The van der Waals surface area contributed by atoms with Crippen molar-refractivity contribution in [1.29, 1.82) is 0 Å². The molecular formula is C9H10ClFN2O. The summed E-state index contributed by atoms with van der Waals surface area (Å²) in [5, 5.41) is 0.153. The second-order valence-electron chi connectivity index (χ2n) is 2.48. The lowest BCUT2D eigenvalue weighted by molar-refractivity contribution is 0.272. The number of hydrogen-bond donors (Lipinski definition) is 1. The lowest BCUT2D eigenvalue weighted by atomic mass is 10.2. The van der Waals surface area contributed by atoms with Crippen molar-refractivity contribution in [2.45, 2.75) is 6.92 Å². The first-order valence-corrected chi connectivity index (χ1v) is 4.42. The van der Waals surface area contributed by atoms with Gasteiger partial charge < -0.3 is 10.5 Å². The van der Waals surface area contributed by atoms with E-state index >= 15 is 0 Å². The van der Waals surface area contributed by atoms with Crippen LogP contribution in [0.3, 0.4) is 0 Å². The molecule has 0 amide bonds. The van der Waals surface area contributed by atoms with E-state index in [9.17, 15) is 4.39 Å². The van der Waals surface area contributed by atoms with Gasteiger partial charge >= 0.3 is 0 Å². The summed E-state index contributed by atoms with van der Waals surface area (Å²) in [6.45, 7) is 2.36. The molecule has 0 aliphatic heterocycles. The Labute approximate surface area is 86.3 Å². The quantitative estimate of drug-likeness (QED) is 0.624. The molecule has 14 heavy (non-hydrogen) atoms. The van der Waals surface area contributed by atoms with Crippen LogP contribution in [0.5, 0.6) is 0 Å². The van der Waals surface area contributed by atoms with Gasteiger partial charge in [-0.1, -0.05) is 11.6 Å². The lowest BCUT2D eigenvalue weighted by Crippen LogP contribution is -1.97. The Kier molecular flexibility index (Phi) is 3.71. The number of pyridine rings is 1. The van der Waals surface area contributed by atoms with E-state index in [1.54, 1.807) is 0 Å². The third kappa shape index (κ3) is 2.35. The molecule has 1 aromatic heterocycles. The predicted octanol–water partition coefficient (Wildman–Crippen LogP) is 2.46. The minimum atomic E-state index is -0.592. The van der Waals surface area contributed by atoms with E-state index in [2.05, 4.69) is 4.98 Å². The van der Waals surface area contributed by atoms with E-state index in [0.29, 0.717) is 12.2 Å². The van der Waals surface area contributed by atoms with Crippen molar-refractivity contribution < 1.29 is 9.13 Å².